The normalized spacial score (nSPS) is 7.90. The number of hydrogen-bond donors (Lipinski definition) is 1. The first-order valence-electron chi connectivity index (χ1n) is 3.22. The summed E-state index contributed by atoms with van der Waals surface area (Å²) in [5.74, 6) is 0. The monoisotopic (exact) mass is 249 g/mol. The number of hydrogen-bond acceptors (Lipinski definition) is 1. The van der Waals surface area contributed by atoms with Crippen molar-refractivity contribution in [3.63, 3.8) is 0 Å². The number of halogens is 1. The standard InChI is InChI=1S/C6H5I.C2H7N/c7-6-4-2-1-3-5-6;1-2-3/h1-5H;2-3H2,1H3. The lowest BCUT2D eigenvalue weighted by Gasteiger charge is -1.80. The molecule has 0 radical (unpaired) electrons. The average Bonchev–Trinajstić information content (AvgIpc) is 1.91. The molecule has 2 N–H and O–H groups in total. The molecule has 0 fully saturated rings. The van der Waals surface area contributed by atoms with Crippen molar-refractivity contribution < 1.29 is 0 Å². The quantitative estimate of drug-likeness (QED) is 0.701. The Kier molecular flexibility index (Phi) is 6.96. The van der Waals surface area contributed by atoms with Crippen LogP contribution in [-0.2, 0) is 0 Å². The Balaban J connectivity index is 0.000000236. The second-order valence-electron chi connectivity index (χ2n) is 1.70. The fourth-order valence-electron chi connectivity index (χ4n) is 0.415. The Morgan fingerprint density at radius 2 is 1.70 bits per heavy atom. The van der Waals surface area contributed by atoms with Crippen LogP contribution in [0.3, 0.4) is 0 Å². The van der Waals surface area contributed by atoms with Gasteiger partial charge < -0.3 is 5.73 Å². The summed E-state index contributed by atoms with van der Waals surface area (Å²) in [4.78, 5) is 0. The van der Waals surface area contributed by atoms with Crippen LogP contribution in [0.1, 0.15) is 6.92 Å². The molecule has 56 valence electrons. The Morgan fingerprint density at radius 3 is 1.90 bits per heavy atom. The van der Waals surface area contributed by atoms with Crippen molar-refractivity contribution >= 4 is 22.6 Å². The average molecular weight is 249 g/mol. The van der Waals surface area contributed by atoms with Crippen LogP contribution in [0.2, 0.25) is 0 Å². The van der Waals surface area contributed by atoms with Gasteiger partial charge in [-0.05, 0) is 41.3 Å². The van der Waals surface area contributed by atoms with Crippen molar-refractivity contribution in [3.05, 3.63) is 33.9 Å². The second-order valence-corrected chi connectivity index (χ2v) is 2.95. The van der Waals surface area contributed by atoms with E-state index in [-0.39, 0.29) is 0 Å². The zero-order chi connectivity index (χ0) is 7.82. The Bertz CT molecular complexity index is 151. The van der Waals surface area contributed by atoms with Crippen LogP contribution < -0.4 is 5.73 Å². The van der Waals surface area contributed by atoms with Crippen molar-refractivity contribution in [2.75, 3.05) is 6.54 Å². The van der Waals surface area contributed by atoms with Gasteiger partial charge in [0.25, 0.3) is 0 Å². The third kappa shape index (κ3) is 6.04. The molecule has 0 saturated carbocycles. The molecular formula is C8H12IN. The first kappa shape index (κ1) is 9.91. The molecule has 2 heteroatoms. The van der Waals surface area contributed by atoms with Crippen molar-refractivity contribution in [3.8, 4) is 0 Å². The van der Waals surface area contributed by atoms with Gasteiger partial charge >= 0.3 is 0 Å². The zero-order valence-corrected chi connectivity index (χ0v) is 8.21. The maximum absolute atomic E-state index is 4.85. The molecule has 0 bridgehead atoms. The molecule has 0 aliphatic rings. The van der Waals surface area contributed by atoms with E-state index in [4.69, 9.17) is 5.73 Å². The van der Waals surface area contributed by atoms with Gasteiger partial charge in [-0.15, -0.1) is 0 Å². The van der Waals surface area contributed by atoms with E-state index < -0.39 is 0 Å². The van der Waals surface area contributed by atoms with Crippen LogP contribution in [0.25, 0.3) is 0 Å². The summed E-state index contributed by atoms with van der Waals surface area (Å²) >= 11 is 2.28. The van der Waals surface area contributed by atoms with E-state index in [0.29, 0.717) is 0 Å². The SMILES string of the molecule is CCN.Ic1ccccc1. The van der Waals surface area contributed by atoms with Gasteiger partial charge in [0.05, 0.1) is 0 Å². The van der Waals surface area contributed by atoms with Crippen molar-refractivity contribution in [2.24, 2.45) is 5.73 Å². The second kappa shape index (κ2) is 7.02. The van der Waals surface area contributed by atoms with E-state index in [1.807, 2.05) is 25.1 Å². The number of rotatable bonds is 0. The van der Waals surface area contributed by atoms with Gasteiger partial charge in [0.15, 0.2) is 0 Å². The van der Waals surface area contributed by atoms with E-state index in [1.54, 1.807) is 0 Å². The van der Waals surface area contributed by atoms with Crippen molar-refractivity contribution in [1.29, 1.82) is 0 Å². The largest absolute Gasteiger partial charge is 0.331 e. The predicted molar refractivity (Wildman–Crippen MR) is 53.9 cm³/mol. The summed E-state index contributed by atoms with van der Waals surface area (Å²) < 4.78 is 1.29. The number of benzene rings is 1. The van der Waals surface area contributed by atoms with Gasteiger partial charge in [0.1, 0.15) is 0 Å². The molecule has 1 rings (SSSR count). The molecule has 0 spiro atoms. The summed E-state index contributed by atoms with van der Waals surface area (Å²) in [5, 5.41) is 0. The van der Waals surface area contributed by atoms with E-state index >= 15 is 0 Å². The molecule has 0 aromatic heterocycles. The summed E-state index contributed by atoms with van der Waals surface area (Å²) in [6, 6.07) is 10.2. The van der Waals surface area contributed by atoms with E-state index in [9.17, 15) is 0 Å². The zero-order valence-electron chi connectivity index (χ0n) is 6.05. The smallest absolute Gasteiger partial charge is 0.0130 e. The highest BCUT2D eigenvalue weighted by atomic mass is 127. The van der Waals surface area contributed by atoms with Crippen LogP contribution in [0.15, 0.2) is 30.3 Å². The summed E-state index contributed by atoms with van der Waals surface area (Å²) in [6.45, 7) is 2.65. The van der Waals surface area contributed by atoms with Gasteiger partial charge in [-0.2, -0.15) is 0 Å². The third-order valence-electron chi connectivity index (χ3n) is 0.733. The minimum atomic E-state index is 0.750. The van der Waals surface area contributed by atoms with Crippen LogP contribution >= 0.6 is 22.6 Å². The topological polar surface area (TPSA) is 26.0 Å². The van der Waals surface area contributed by atoms with Crippen LogP contribution in [0.5, 0.6) is 0 Å². The van der Waals surface area contributed by atoms with Gasteiger partial charge in [-0.25, -0.2) is 0 Å². The molecule has 0 unspecified atom stereocenters. The lowest BCUT2D eigenvalue weighted by molar-refractivity contribution is 1.14. The maximum atomic E-state index is 4.85. The molecule has 0 heterocycles. The van der Waals surface area contributed by atoms with Gasteiger partial charge in [0.2, 0.25) is 0 Å². The minimum Gasteiger partial charge on any atom is -0.331 e. The lowest BCUT2D eigenvalue weighted by Crippen LogP contribution is -1.87. The molecule has 10 heavy (non-hydrogen) atoms. The molecule has 0 aliphatic carbocycles. The molecule has 0 aliphatic heterocycles. The minimum absolute atomic E-state index is 0.750. The maximum Gasteiger partial charge on any atom is 0.0130 e. The van der Waals surface area contributed by atoms with E-state index in [1.165, 1.54) is 3.57 Å². The highest BCUT2D eigenvalue weighted by Crippen LogP contribution is 1.99. The Labute approximate surface area is 75.8 Å². The fourth-order valence-corrected chi connectivity index (χ4v) is 0.830. The Morgan fingerprint density at radius 1 is 1.30 bits per heavy atom. The van der Waals surface area contributed by atoms with Crippen molar-refractivity contribution in [1.82, 2.24) is 0 Å². The third-order valence-corrected chi connectivity index (χ3v) is 1.45. The van der Waals surface area contributed by atoms with E-state index in [2.05, 4.69) is 34.7 Å². The van der Waals surface area contributed by atoms with Gasteiger partial charge in [0, 0.05) is 3.57 Å². The first-order chi connectivity index (χ1) is 4.81. The highest BCUT2D eigenvalue weighted by Gasteiger charge is 1.74. The predicted octanol–water partition coefficient (Wildman–Crippen LogP) is 2.26. The Hall–Kier alpha value is -0.0900. The van der Waals surface area contributed by atoms with E-state index in [0.717, 1.165) is 6.54 Å². The molecular weight excluding hydrogens is 237 g/mol. The van der Waals surface area contributed by atoms with Gasteiger partial charge in [-0.1, -0.05) is 25.1 Å². The van der Waals surface area contributed by atoms with Gasteiger partial charge in [-0.3, -0.25) is 0 Å². The highest BCUT2D eigenvalue weighted by molar-refractivity contribution is 14.1. The van der Waals surface area contributed by atoms with Crippen LogP contribution in [-0.4, -0.2) is 6.54 Å². The van der Waals surface area contributed by atoms with Crippen molar-refractivity contribution in [2.45, 2.75) is 6.92 Å². The summed E-state index contributed by atoms with van der Waals surface area (Å²) in [5.41, 5.74) is 4.85. The fraction of sp³-hybridized carbons (Fsp3) is 0.250. The van der Waals surface area contributed by atoms with Crippen LogP contribution in [0, 0.1) is 3.57 Å². The molecule has 0 amide bonds. The number of nitrogens with two attached hydrogens (primary N) is 1. The van der Waals surface area contributed by atoms with Crippen LogP contribution in [0.4, 0.5) is 0 Å². The summed E-state index contributed by atoms with van der Waals surface area (Å²) in [7, 11) is 0. The molecule has 1 nitrogen and oxygen atoms in total. The lowest BCUT2D eigenvalue weighted by atomic mass is 10.4. The molecule has 1 aromatic carbocycles. The molecule has 0 atom stereocenters. The first-order valence-corrected chi connectivity index (χ1v) is 4.29. The molecule has 1 aromatic rings. The molecule has 0 saturated heterocycles. The summed E-state index contributed by atoms with van der Waals surface area (Å²) in [6.07, 6.45) is 0.